The molecule has 2 aliphatic rings. The van der Waals surface area contributed by atoms with Gasteiger partial charge in [-0.3, -0.25) is 9.79 Å². The Kier molecular flexibility index (Phi) is 10.3. The molecule has 2 heterocycles. The Morgan fingerprint density at radius 2 is 1.74 bits per heavy atom. The molecular formula is C17H33IN4O4S. The first kappa shape index (κ1) is 24.4. The zero-order chi connectivity index (χ0) is 19.2. The van der Waals surface area contributed by atoms with Gasteiger partial charge in [-0.05, 0) is 38.5 Å². The van der Waals surface area contributed by atoms with Crippen molar-refractivity contribution >= 4 is 45.9 Å². The van der Waals surface area contributed by atoms with Gasteiger partial charge in [0.25, 0.3) is 0 Å². The molecule has 1 N–H and O–H groups in total. The molecule has 0 aromatic rings. The molecule has 0 amide bonds. The summed E-state index contributed by atoms with van der Waals surface area (Å²) in [6.45, 7) is 5.82. The van der Waals surface area contributed by atoms with E-state index in [2.05, 4.69) is 15.2 Å². The predicted octanol–water partition coefficient (Wildman–Crippen LogP) is 1.13. The lowest BCUT2D eigenvalue weighted by Crippen LogP contribution is -2.48. The van der Waals surface area contributed by atoms with Crippen LogP contribution in [0.5, 0.6) is 0 Å². The van der Waals surface area contributed by atoms with E-state index in [0.29, 0.717) is 25.6 Å². The first-order chi connectivity index (χ1) is 12.3. The first-order valence-corrected chi connectivity index (χ1v) is 11.3. The van der Waals surface area contributed by atoms with Crippen LogP contribution in [0.15, 0.2) is 4.99 Å². The number of nitrogens with one attached hydrogen (secondary N) is 1. The highest BCUT2D eigenvalue weighted by Gasteiger charge is 2.28. The summed E-state index contributed by atoms with van der Waals surface area (Å²) in [6, 6.07) is 0. The van der Waals surface area contributed by atoms with Crippen molar-refractivity contribution in [3.63, 3.8) is 0 Å². The Hall–Kier alpha value is -0.620. The SMILES string of the molecule is CCOC(=O)C1CCN(C(=NC)NCC2CCN(S(C)(=O)=O)CC2)CC1.I. The molecule has 0 aliphatic carbocycles. The highest BCUT2D eigenvalue weighted by atomic mass is 127. The molecule has 158 valence electrons. The largest absolute Gasteiger partial charge is 0.466 e. The van der Waals surface area contributed by atoms with Crippen LogP contribution >= 0.6 is 24.0 Å². The van der Waals surface area contributed by atoms with Crippen molar-refractivity contribution < 1.29 is 17.9 Å². The number of likely N-dealkylation sites (tertiary alicyclic amines) is 1. The molecule has 2 fully saturated rings. The number of carbonyl (C=O) groups excluding carboxylic acids is 1. The van der Waals surface area contributed by atoms with Gasteiger partial charge < -0.3 is 15.0 Å². The standard InChI is InChI=1S/C17H32N4O4S.HI/c1-4-25-16(22)15-7-9-20(10-8-15)17(18-2)19-13-14-5-11-21(12-6-14)26(3,23)24;/h14-15H,4-13H2,1-3H3,(H,18,19);1H. The van der Waals surface area contributed by atoms with Gasteiger partial charge in [0.2, 0.25) is 10.0 Å². The highest BCUT2D eigenvalue weighted by molar-refractivity contribution is 14.0. The van der Waals surface area contributed by atoms with Gasteiger partial charge in [0.1, 0.15) is 0 Å². The van der Waals surface area contributed by atoms with Gasteiger partial charge in [-0.25, -0.2) is 12.7 Å². The predicted molar refractivity (Wildman–Crippen MR) is 117 cm³/mol. The quantitative estimate of drug-likeness (QED) is 0.255. The molecule has 2 saturated heterocycles. The molecule has 0 radical (unpaired) electrons. The Morgan fingerprint density at radius 1 is 1.15 bits per heavy atom. The fourth-order valence-corrected chi connectivity index (χ4v) is 4.47. The Balaban J connectivity index is 0.00000364. The summed E-state index contributed by atoms with van der Waals surface area (Å²) in [5, 5.41) is 3.42. The summed E-state index contributed by atoms with van der Waals surface area (Å²) < 4.78 is 29.8. The molecule has 2 aliphatic heterocycles. The van der Waals surface area contributed by atoms with Crippen LogP contribution in [-0.4, -0.2) is 82.2 Å². The molecular weight excluding hydrogens is 483 g/mol. The van der Waals surface area contributed by atoms with Crippen LogP contribution in [-0.2, 0) is 19.6 Å². The average Bonchev–Trinajstić information content (AvgIpc) is 2.62. The number of halogens is 1. The number of aliphatic imine (C=N–C) groups is 1. The zero-order valence-electron chi connectivity index (χ0n) is 16.5. The molecule has 0 saturated carbocycles. The van der Waals surface area contributed by atoms with Gasteiger partial charge in [0.15, 0.2) is 5.96 Å². The molecule has 0 aromatic carbocycles. The lowest BCUT2D eigenvalue weighted by molar-refractivity contribution is -0.149. The molecule has 0 spiro atoms. The molecule has 0 aromatic heterocycles. The zero-order valence-corrected chi connectivity index (χ0v) is 19.7. The summed E-state index contributed by atoms with van der Waals surface area (Å²) in [7, 11) is -1.31. The summed E-state index contributed by atoms with van der Waals surface area (Å²) >= 11 is 0. The highest BCUT2D eigenvalue weighted by Crippen LogP contribution is 2.20. The second-order valence-corrected chi connectivity index (χ2v) is 9.03. The third kappa shape index (κ3) is 7.37. The number of esters is 1. The minimum atomic E-state index is -3.08. The maximum Gasteiger partial charge on any atom is 0.309 e. The number of rotatable bonds is 5. The summed E-state index contributed by atoms with van der Waals surface area (Å²) in [4.78, 5) is 18.4. The van der Waals surface area contributed by atoms with Crippen LogP contribution in [0.2, 0.25) is 0 Å². The number of guanidine groups is 1. The number of sulfonamides is 1. The number of ether oxygens (including phenoxy) is 1. The summed E-state index contributed by atoms with van der Waals surface area (Å²) in [6.07, 6.45) is 4.57. The molecule has 10 heteroatoms. The first-order valence-electron chi connectivity index (χ1n) is 9.42. The van der Waals surface area contributed by atoms with Crippen LogP contribution < -0.4 is 5.32 Å². The smallest absolute Gasteiger partial charge is 0.309 e. The minimum absolute atomic E-state index is 0. The van der Waals surface area contributed by atoms with Crippen LogP contribution in [0.1, 0.15) is 32.6 Å². The lowest BCUT2D eigenvalue weighted by atomic mass is 9.97. The van der Waals surface area contributed by atoms with Gasteiger partial charge in [-0.2, -0.15) is 0 Å². The van der Waals surface area contributed by atoms with E-state index in [0.717, 1.165) is 51.3 Å². The third-order valence-electron chi connectivity index (χ3n) is 5.22. The number of hydrogen-bond acceptors (Lipinski definition) is 5. The molecule has 8 nitrogen and oxygen atoms in total. The third-order valence-corrected chi connectivity index (χ3v) is 6.52. The van der Waals surface area contributed by atoms with E-state index in [1.165, 1.54) is 6.26 Å². The average molecular weight is 516 g/mol. The van der Waals surface area contributed by atoms with E-state index in [9.17, 15) is 13.2 Å². The van der Waals surface area contributed by atoms with Crippen LogP contribution in [0.3, 0.4) is 0 Å². The summed E-state index contributed by atoms with van der Waals surface area (Å²) in [5.41, 5.74) is 0. The second kappa shape index (κ2) is 11.4. The van der Waals surface area contributed by atoms with Crippen molar-refractivity contribution in [2.45, 2.75) is 32.6 Å². The second-order valence-electron chi connectivity index (χ2n) is 7.05. The van der Waals surface area contributed by atoms with Gasteiger partial charge in [-0.1, -0.05) is 0 Å². The van der Waals surface area contributed by atoms with Crippen molar-refractivity contribution in [1.29, 1.82) is 0 Å². The number of nitrogens with zero attached hydrogens (tertiary/aromatic N) is 3. The number of hydrogen-bond donors (Lipinski definition) is 1. The van der Waals surface area contributed by atoms with Crippen LogP contribution in [0, 0.1) is 11.8 Å². The van der Waals surface area contributed by atoms with Gasteiger partial charge in [0.05, 0.1) is 18.8 Å². The molecule has 0 atom stereocenters. The summed E-state index contributed by atoms with van der Waals surface area (Å²) in [5.74, 6) is 1.21. The van der Waals surface area contributed by atoms with Crippen LogP contribution in [0.25, 0.3) is 0 Å². The molecule has 2 rings (SSSR count). The monoisotopic (exact) mass is 516 g/mol. The van der Waals surface area contributed by atoms with Crippen LogP contribution in [0.4, 0.5) is 0 Å². The Labute approximate surface area is 180 Å². The van der Waals surface area contributed by atoms with E-state index in [1.807, 2.05) is 6.92 Å². The van der Waals surface area contributed by atoms with E-state index >= 15 is 0 Å². The van der Waals surface area contributed by atoms with E-state index < -0.39 is 10.0 Å². The number of piperidine rings is 2. The fourth-order valence-electron chi connectivity index (χ4n) is 3.60. The molecule has 0 unspecified atom stereocenters. The maximum atomic E-state index is 11.8. The van der Waals surface area contributed by atoms with Crippen molar-refractivity contribution in [2.75, 3.05) is 52.6 Å². The topological polar surface area (TPSA) is 91.3 Å². The van der Waals surface area contributed by atoms with Crippen molar-refractivity contribution in [3.8, 4) is 0 Å². The van der Waals surface area contributed by atoms with E-state index in [4.69, 9.17) is 4.74 Å². The van der Waals surface area contributed by atoms with Crippen molar-refractivity contribution in [2.24, 2.45) is 16.8 Å². The lowest BCUT2D eigenvalue weighted by Gasteiger charge is -2.35. The van der Waals surface area contributed by atoms with Gasteiger partial charge in [-0.15, -0.1) is 24.0 Å². The maximum absolute atomic E-state index is 11.8. The van der Waals surface area contributed by atoms with Crippen molar-refractivity contribution in [3.05, 3.63) is 0 Å². The normalized spacial score (nSPS) is 20.9. The van der Waals surface area contributed by atoms with Gasteiger partial charge in [0, 0.05) is 39.8 Å². The Bertz CT molecular complexity index is 598. The minimum Gasteiger partial charge on any atom is -0.466 e. The number of carbonyl (C=O) groups is 1. The molecule has 0 bridgehead atoms. The Morgan fingerprint density at radius 3 is 2.22 bits per heavy atom. The molecule has 27 heavy (non-hydrogen) atoms. The van der Waals surface area contributed by atoms with E-state index in [1.54, 1.807) is 11.4 Å². The van der Waals surface area contributed by atoms with Crippen molar-refractivity contribution in [1.82, 2.24) is 14.5 Å². The van der Waals surface area contributed by atoms with Gasteiger partial charge >= 0.3 is 5.97 Å². The van der Waals surface area contributed by atoms with E-state index in [-0.39, 0.29) is 35.9 Å². The fraction of sp³-hybridized carbons (Fsp3) is 0.882.